The first-order valence-corrected chi connectivity index (χ1v) is 5.05. The van der Waals surface area contributed by atoms with Gasteiger partial charge in [-0.3, -0.25) is 0 Å². The van der Waals surface area contributed by atoms with Gasteiger partial charge in [-0.15, -0.1) is 0 Å². The number of rotatable bonds is 5. The highest BCUT2D eigenvalue weighted by Crippen LogP contribution is 2.08. The molecule has 0 bridgehead atoms. The van der Waals surface area contributed by atoms with E-state index in [4.69, 9.17) is 20.8 Å². The lowest BCUT2D eigenvalue weighted by atomic mass is 10.2. The highest BCUT2D eigenvalue weighted by molar-refractivity contribution is 5.70. The minimum Gasteiger partial charge on any atom is -0.410 e. The number of nitrogens with two attached hydrogens (primary N) is 1. The Morgan fingerprint density at radius 1 is 1.35 bits per heavy atom. The molecule has 0 spiro atoms. The zero-order valence-electron chi connectivity index (χ0n) is 9.02. The van der Waals surface area contributed by atoms with E-state index in [2.05, 4.69) is 15.0 Å². The zero-order valence-corrected chi connectivity index (χ0v) is 9.02. The van der Waals surface area contributed by atoms with Gasteiger partial charge in [0.15, 0.2) is 0 Å². The molecule has 0 saturated carbocycles. The van der Waals surface area contributed by atoms with Crippen molar-refractivity contribution in [3.8, 4) is 0 Å². The van der Waals surface area contributed by atoms with Crippen LogP contribution in [0, 0.1) is 5.92 Å². The minimum atomic E-state index is -0.341. The van der Waals surface area contributed by atoms with Gasteiger partial charge in [-0.1, -0.05) is 0 Å². The molecule has 92 valence electrons. The fraction of sp³-hybridized carbons (Fsp3) is 0.444. The second-order valence-electron chi connectivity index (χ2n) is 3.53. The van der Waals surface area contributed by atoms with Crippen LogP contribution >= 0.6 is 0 Å². The van der Waals surface area contributed by atoms with Gasteiger partial charge in [0.1, 0.15) is 18.5 Å². The van der Waals surface area contributed by atoms with Gasteiger partial charge in [0.25, 0.3) is 0 Å². The molecule has 0 aliphatic rings. The zero-order chi connectivity index (χ0) is 12.3. The molecule has 0 aromatic carbocycles. The lowest BCUT2D eigenvalue weighted by Gasteiger charge is -2.12. The summed E-state index contributed by atoms with van der Waals surface area (Å²) in [5, 5.41) is 17.8. The maximum absolute atomic E-state index is 8.90. The van der Waals surface area contributed by atoms with E-state index in [0.717, 1.165) is 0 Å². The molecule has 0 unspecified atom stereocenters. The minimum absolute atomic E-state index is 0.128. The van der Waals surface area contributed by atoms with Gasteiger partial charge in [0.05, 0.1) is 19.4 Å². The Balaban J connectivity index is 2.16. The molecule has 4 N–H and O–H groups in total. The smallest absolute Gasteiger partial charge is 0.222 e. The lowest BCUT2D eigenvalue weighted by molar-refractivity contribution is 0.0388. The van der Waals surface area contributed by atoms with Crippen molar-refractivity contribution in [3.05, 3.63) is 12.5 Å². The monoisotopic (exact) mass is 239 g/mol. The molecule has 0 fully saturated rings. The van der Waals surface area contributed by atoms with Crippen LogP contribution in [-0.2, 0) is 0 Å². The van der Waals surface area contributed by atoms with E-state index < -0.39 is 0 Å². The van der Waals surface area contributed by atoms with Gasteiger partial charge in [-0.2, -0.15) is 9.71 Å². The third-order valence-corrected chi connectivity index (χ3v) is 2.24. The van der Waals surface area contributed by atoms with Crippen LogP contribution in [0.2, 0.25) is 0 Å². The molecule has 2 aromatic rings. The summed E-state index contributed by atoms with van der Waals surface area (Å²) in [5.74, 6) is -0.213. The van der Waals surface area contributed by atoms with Crippen molar-refractivity contribution in [2.45, 2.75) is 0 Å². The SMILES string of the molecule is Nc1ncc2ncn(OCC(CO)CO)c2n1. The first-order chi connectivity index (χ1) is 8.24. The van der Waals surface area contributed by atoms with Gasteiger partial charge >= 0.3 is 0 Å². The number of imidazole rings is 1. The third-order valence-electron chi connectivity index (χ3n) is 2.24. The topological polar surface area (TPSA) is 119 Å². The number of aromatic nitrogens is 4. The summed E-state index contributed by atoms with van der Waals surface area (Å²) < 4.78 is 1.34. The molecule has 0 amide bonds. The van der Waals surface area contributed by atoms with Gasteiger partial charge in [0.2, 0.25) is 11.6 Å². The third kappa shape index (κ3) is 2.43. The van der Waals surface area contributed by atoms with Crippen molar-refractivity contribution < 1.29 is 15.1 Å². The van der Waals surface area contributed by atoms with Crippen LogP contribution in [-0.4, -0.2) is 49.7 Å². The Kier molecular flexibility index (Phi) is 3.35. The average molecular weight is 239 g/mol. The maximum Gasteiger partial charge on any atom is 0.222 e. The number of nitrogens with zero attached hydrogens (tertiary/aromatic N) is 4. The standard InChI is InChI=1S/C9H13N5O3/c10-9-11-1-7-8(13-9)14(5-12-7)17-4-6(2-15)3-16/h1,5-6,15-16H,2-4H2,(H2,10,11,13). The van der Waals surface area contributed by atoms with Crippen LogP contribution in [0.5, 0.6) is 0 Å². The number of hydrogen-bond acceptors (Lipinski definition) is 7. The van der Waals surface area contributed by atoms with E-state index in [0.29, 0.717) is 11.2 Å². The van der Waals surface area contributed by atoms with Crippen molar-refractivity contribution in [3.63, 3.8) is 0 Å². The number of aliphatic hydroxyl groups is 2. The Labute approximate surface area is 96.6 Å². The molecule has 2 aromatic heterocycles. The maximum atomic E-state index is 8.90. The van der Waals surface area contributed by atoms with Crippen molar-refractivity contribution in [1.29, 1.82) is 0 Å². The molecule has 8 heteroatoms. The molecule has 0 atom stereocenters. The van der Waals surface area contributed by atoms with Crippen molar-refractivity contribution in [2.75, 3.05) is 25.6 Å². The Morgan fingerprint density at radius 2 is 2.12 bits per heavy atom. The fourth-order valence-corrected chi connectivity index (χ4v) is 1.25. The first-order valence-electron chi connectivity index (χ1n) is 5.05. The molecule has 2 heterocycles. The summed E-state index contributed by atoms with van der Waals surface area (Å²) in [6, 6.07) is 0. The Morgan fingerprint density at radius 3 is 2.82 bits per heavy atom. The molecular weight excluding hydrogens is 226 g/mol. The Hall–Kier alpha value is -1.93. The Bertz CT molecular complexity index is 496. The summed E-state index contributed by atoms with van der Waals surface area (Å²) in [4.78, 5) is 17.2. The van der Waals surface area contributed by atoms with Gasteiger partial charge < -0.3 is 20.8 Å². The molecule has 0 aliphatic heterocycles. The van der Waals surface area contributed by atoms with E-state index >= 15 is 0 Å². The fourth-order valence-electron chi connectivity index (χ4n) is 1.25. The summed E-state index contributed by atoms with van der Waals surface area (Å²) in [7, 11) is 0. The lowest BCUT2D eigenvalue weighted by Crippen LogP contribution is -2.24. The van der Waals surface area contributed by atoms with Crippen LogP contribution in [0.4, 0.5) is 5.95 Å². The van der Waals surface area contributed by atoms with E-state index in [-0.39, 0.29) is 31.7 Å². The number of fused-ring (bicyclic) bond motifs is 1. The van der Waals surface area contributed by atoms with Gasteiger partial charge in [-0.25, -0.2) is 9.97 Å². The second kappa shape index (κ2) is 4.93. The van der Waals surface area contributed by atoms with Crippen LogP contribution in [0.15, 0.2) is 12.5 Å². The quantitative estimate of drug-likeness (QED) is 0.577. The summed E-state index contributed by atoms with van der Waals surface area (Å²) in [6.07, 6.45) is 2.93. The van der Waals surface area contributed by atoms with Crippen LogP contribution < -0.4 is 10.6 Å². The first kappa shape index (κ1) is 11.6. The summed E-state index contributed by atoms with van der Waals surface area (Å²) in [6.45, 7) is -0.150. The van der Waals surface area contributed by atoms with E-state index in [1.165, 1.54) is 17.3 Å². The number of anilines is 1. The van der Waals surface area contributed by atoms with E-state index in [1.807, 2.05) is 0 Å². The molecule has 8 nitrogen and oxygen atoms in total. The van der Waals surface area contributed by atoms with Crippen LogP contribution in [0.1, 0.15) is 0 Å². The number of hydrogen-bond donors (Lipinski definition) is 3. The summed E-state index contributed by atoms with van der Waals surface area (Å²) in [5.41, 5.74) is 6.47. The molecule has 0 radical (unpaired) electrons. The van der Waals surface area contributed by atoms with Crippen molar-refractivity contribution in [2.24, 2.45) is 5.92 Å². The van der Waals surface area contributed by atoms with E-state index in [1.54, 1.807) is 0 Å². The predicted molar refractivity (Wildman–Crippen MR) is 58.8 cm³/mol. The average Bonchev–Trinajstić information content (AvgIpc) is 2.73. The molecular formula is C9H13N5O3. The second-order valence-corrected chi connectivity index (χ2v) is 3.53. The van der Waals surface area contributed by atoms with Gasteiger partial charge in [-0.05, 0) is 0 Å². The highest BCUT2D eigenvalue weighted by atomic mass is 16.7. The molecule has 0 saturated heterocycles. The normalized spacial score (nSPS) is 11.2. The number of nitrogen functional groups attached to an aromatic ring is 1. The highest BCUT2D eigenvalue weighted by Gasteiger charge is 2.10. The molecule has 0 aliphatic carbocycles. The van der Waals surface area contributed by atoms with Crippen LogP contribution in [0.3, 0.4) is 0 Å². The predicted octanol–water partition coefficient (Wildman–Crippen LogP) is -1.56. The number of aliphatic hydroxyl groups excluding tert-OH is 2. The van der Waals surface area contributed by atoms with Crippen LogP contribution in [0.25, 0.3) is 11.2 Å². The van der Waals surface area contributed by atoms with E-state index in [9.17, 15) is 0 Å². The van der Waals surface area contributed by atoms with Gasteiger partial charge in [0, 0.05) is 5.92 Å². The molecule has 17 heavy (non-hydrogen) atoms. The van der Waals surface area contributed by atoms with Crippen molar-refractivity contribution in [1.82, 2.24) is 19.7 Å². The van der Waals surface area contributed by atoms with Crippen molar-refractivity contribution >= 4 is 17.1 Å². The summed E-state index contributed by atoms with van der Waals surface area (Å²) >= 11 is 0. The molecule has 2 rings (SSSR count). The largest absolute Gasteiger partial charge is 0.410 e.